The molecule has 1 atom stereocenters. The largest absolute Gasteiger partial charge is 0.495 e. The fourth-order valence-corrected chi connectivity index (χ4v) is 6.42. The molecule has 31 heavy (non-hydrogen) atoms. The number of hydrogen-bond donors (Lipinski definition) is 0. The zero-order valence-electron chi connectivity index (χ0n) is 18.3. The molecule has 0 aliphatic carbocycles. The highest BCUT2D eigenvalue weighted by atomic mass is 32.2. The van der Waals surface area contributed by atoms with Gasteiger partial charge < -0.3 is 14.2 Å². The second-order valence-corrected chi connectivity index (χ2v) is 10.3. The van der Waals surface area contributed by atoms with Crippen LogP contribution >= 0.6 is 0 Å². The first-order valence-corrected chi connectivity index (χ1v) is 12.5. The number of likely N-dealkylation sites (tertiary alicyclic amines) is 1. The van der Waals surface area contributed by atoms with E-state index in [9.17, 15) is 13.2 Å². The second-order valence-electron chi connectivity index (χ2n) is 8.38. The van der Waals surface area contributed by atoms with E-state index in [-0.39, 0.29) is 22.6 Å². The first-order valence-electron chi connectivity index (χ1n) is 11.0. The molecule has 0 saturated carbocycles. The van der Waals surface area contributed by atoms with Crippen LogP contribution in [0.2, 0.25) is 0 Å². The molecule has 8 heteroatoms. The van der Waals surface area contributed by atoms with E-state index < -0.39 is 10.0 Å². The number of nitrogens with zero attached hydrogens (tertiary/aromatic N) is 3. The van der Waals surface area contributed by atoms with Crippen LogP contribution in [0, 0.1) is 0 Å². The highest BCUT2D eigenvalue weighted by Crippen LogP contribution is 2.34. The standard InChI is InChI=1S/C23H31N3O4S/c1-24-13-8-10-19(24)20-9-4-3-5-16-26(20)23(27)18-11-12-21(30-2)22(17-18)31(28,29)25-14-6-7-15-25/h8,10-13,17,20H,3-7,9,14-16H2,1-2H3. The summed E-state index contributed by atoms with van der Waals surface area (Å²) in [5.41, 5.74) is 1.49. The van der Waals surface area contributed by atoms with Crippen LogP contribution in [-0.2, 0) is 17.1 Å². The zero-order chi connectivity index (χ0) is 22.0. The third-order valence-corrected chi connectivity index (χ3v) is 8.35. The Morgan fingerprint density at radius 2 is 1.77 bits per heavy atom. The number of methoxy groups -OCH3 is 1. The predicted octanol–water partition coefficient (Wildman–Crippen LogP) is 3.58. The van der Waals surface area contributed by atoms with Gasteiger partial charge in [-0.3, -0.25) is 4.79 Å². The minimum atomic E-state index is -3.71. The second kappa shape index (κ2) is 9.04. The summed E-state index contributed by atoms with van der Waals surface area (Å²) in [6, 6.07) is 8.82. The Bertz CT molecular complexity index is 1040. The van der Waals surface area contributed by atoms with Crippen molar-refractivity contribution in [3.8, 4) is 5.75 Å². The Labute approximate surface area is 184 Å². The fourth-order valence-electron chi connectivity index (χ4n) is 4.72. The van der Waals surface area contributed by atoms with E-state index in [1.807, 2.05) is 24.2 Å². The lowest BCUT2D eigenvalue weighted by atomic mass is 10.1. The van der Waals surface area contributed by atoms with Crippen LogP contribution in [0.3, 0.4) is 0 Å². The highest BCUT2D eigenvalue weighted by Gasteiger charge is 2.33. The zero-order valence-corrected chi connectivity index (χ0v) is 19.1. The molecule has 2 fully saturated rings. The van der Waals surface area contributed by atoms with E-state index >= 15 is 0 Å². The molecular weight excluding hydrogens is 414 g/mol. The molecule has 2 aliphatic rings. The summed E-state index contributed by atoms with van der Waals surface area (Å²) >= 11 is 0. The number of amides is 1. The molecule has 1 amide bonds. The maximum Gasteiger partial charge on any atom is 0.254 e. The molecule has 7 nitrogen and oxygen atoms in total. The summed E-state index contributed by atoms with van der Waals surface area (Å²) in [5, 5.41) is 0. The van der Waals surface area contributed by atoms with Crippen molar-refractivity contribution >= 4 is 15.9 Å². The Hall–Kier alpha value is -2.32. The van der Waals surface area contributed by atoms with Gasteiger partial charge in [-0.2, -0.15) is 4.31 Å². The van der Waals surface area contributed by atoms with Crippen molar-refractivity contribution < 1.29 is 17.9 Å². The molecular formula is C23H31N3O4S. The quantitative estimate of drug-likeness (QED) is 0.705. The highest BCUT2D eigenvalue weighted by molar-refractivity contribution is 7.89. The SMILES string of the molecule is COc1ccc(C(=O)N2CCCCCC2c2cccn2C)cc1S(=O)(=O)N1CCCC1. The van der Waals surface area contributed by atoms with E-state index in [1.54, 1.807) is 12.1 Å². The van der Waals surface area contributed by atoms with Gasteiger partial charge in [0.05, 0.1) is 13.2 Å². The van der Waals surface area contributed by atoms with Gasteiger partial charge in [-0.25, -0.2) is 8.42 Å². The first kappa shape index (κ1) is 21.9. The number of carbonyl (C=O) groups is 1. The van der Waals surface area contributed by atoms with E-state index in [0.29, 0.717) is 25.2 Å². The average molecular weight is 446 g/mol. The third kappa shape index (κ3) is 4.23. The summed E-state index contributed by atoms with van der Waals surface area (Å²) in [4.78, 5) is 15.6. The van der Waals surface area contributed by atoms with E-state index in [4.69, 9.17) is 4.74 Å². The van der Waals surface area contributed by atoms with Crippen molar-refractivity contribution in [3.63, 3.8) is 0 Å². The smallest absolute Gasteiger partial charge is 0.254 e. The molecule has 1 unspecified atom stereocenters. The number of carbonyl (C=O) groups excluding carboxylic acids is 1. The summed E-state index contributed by atoms with van der Waals surface area (Å²) < 4.78 is 35.4. The Morgan fingerprint density at radius 3 is 2.45 bits per heavy atom. The topological polar surface area (TPSA) is 71.8 Å². The van der Waals surface area contributed by atoms with Gasteiger partial charge in [0.25, 0.3) is 5.91 Å². The maximum atomic E-state index is 13.6. The first-order chi connectivity index (χ1) is 14.9. The number of sulfonamides is 1. The molecule has 4 rings (SSSR count). The number of rotatable bonds is 5. The van der Waals surface area contributed by atoms with Crippen LogP contribution < -0.4 is 4.74 Å². The predicted molar refractivity (Wildman–Crippen MR) is 119 cm³/mol. The molecule has 2 aromatic rings. The van der Waals surface area contributed by atoms with Gasteiger partial charge >= 0.3 is 0 Å². The molecule has 0 N–H and O–H groups in total. The Balaban J connectivity index is 1.71. The van der Waals surface area contributed by atoms with Crippen molar-refractivity contribution in [1.82, 2.24) is 13.8 Å². The number of ether oxygens (including phenoxy) is 1. The van der Waals surface area contributed by atoms with Crippen LogP contribution in [0.5, 0.6) is 5.75 Å². The molecule has 2 saturated heterocycles. The minimum absolute atomic E-state index is 0.0178. The summed E-state index contributed by atoms with van der Waals surface area (Å²) in [5.74, 6) is 0.145. The summed E-state index contributed by atoms with van der Waals surface area (Å²) in [6.45, 7) is 1.67. The van der Waals surface area contributed by atoms with Gasteiger partial charge in [0, 0.05) is 44.1 Å². The lowest BCUT2D eigenvalue weighted by Gasteiger charge is -2.31. The van der Waals surface area contributed by atoms with Gasteiger partial charge in [0.2, 0.25) is 10.0 Å². The Morgan fingerprint density at radius 1 is 1.03 bits per heavy atom. The maximum absolute atomic E-state index is 13.6. The molecule has 1 aromatic heterocycles. The van der Waals surface area contributed by atoms with Gasteiger partial charge in [-0.05, 0) is 56.0 Å². The van der Waals surface area contributed by atoms with Crippen molar-refractivity contribution in [1.29, 1.82) is 0 Å². The molecule has 3 heterocycles. The van der Waals surface area contributed by atoms with Crippen molar-refractivity contribution in [2.45, 2.75) is 49.5 Å². The van der Waals surface area contributed by atoms with E-state index in [2.05, 4.69) is 10.6 Å². The van der Waals surface area contributed by atoms with Crippen LogP contribution in [0.4, 0.5) is 0 Å². The van der Waals surface area contributed by atoms with E-state index in [0.717, 1.165) is 44.2 Å². The van der Waals surface area contributed by atoms with Crippen LogP contribution in [0.1, 0.15) is 60.6 Å². The van der Waals surface area contributed by atoms with Crippen LogP contribution in [-0.4, -0.2) is 54.8 Å². The molecule has 2 aliphatic heterocycles. The van der Waals surface area contributed by atoms with Crippen LogP contribution in [0.15, 0.2) is 41.4 Å². The molecule has 0 spiro atoms. The number of hydrogen-bond acceptors (Lipinski definition) is 4. The summed E-state index contributed by atoms with van der Waals surface area (Å²) in [7, 11) is -0.250. The van der Waals surface area contributed by atoms with Crippen molar-refractivity contribution in [2.75, 3.05) is 26.7 Å². The molecule has 168 valence electrons. The average Bonchev–Trinajstić information content (AvgIpc) is 3.40. The monoisotopic (exact) mass is 445 g/mol. The third-order valence-electron chi connectivity index (χ3n) is 6.43. The van der Waals surface area contributed by atoms with Crippen LogP contribution in [0.25, 0.3) is 0 Å². The molecule has 0 bridgehead atoms. The Kier molecular flexibility index (Phi) is 6.39. The lowest BCUT2D eigenvalue weighted by Crippen LogP contribution is -2.36. The number of benzene rings is 1. The lowest BCUT2D eigenvalue weighted by molar-refractivity contribution is 0.0674. The van der Waals surface area contributed by atoms with Gasteiger partial charge in [0.15, 0.2) is 0 Å². The van der Waals surface area contributed by atoms with Gasteiger partial charge in [0.1, 0.15) is 10.6 Å². The van der Waals surface area contributed by atoms with Gasteiger partial charge in [-0.15, -0.1) is 0 Å². The molecule has 0 radical (unpaired) electrons. The summed E-state index contributed by atoms with van der Waals surface area (Å²) in [6.07, 6.45) is 7.70. The van der Waals surface area contributed by atoms with Crippen molar-refractivity contribution in [3.05, 3.63) is 47.8 Å². The van der Waals surface area contributed by atoms with Gasteiger partial charge in [-0.1, -0.05) is 12.8 Å². The molecule has 1 aromatic carbocycles. The minimum Gasteiger partial charge on any atom is -0.495 e. The number of aryl methyl sites for hydroxylation is 1. The van der Waals surface area contributed by atoms with Crippen molar-refractivity contribution in [2.24, 2.45) is 7.05 Å². The number of aromatic nitrogens is 1. The fraction of sp³-hybridized carbons (Fsp3) is 0.522. The van der Waals surface area contributed by atoms with E-state index in [1.165, 1.54) is 17.5 Å². The normalized spacial score (nSPS) is 20.6.